The normalized spacial score (nSPS) is 15.1. The van der Waals surface area contributed by atoms with Gasteiger partial charge in [-0.3, -0.25) is 4.79 Å². The molecule has 3 aromatic rings. The number of ether oxygens (including phenoxy) is 1. The van der Waals surface area contributed by atoms with E-state index in [-0.39, 0.29) is 6.04 Å². The quantitative estimate of drug-likeness (QED) is 0.420. The number of nitrogens with two attached hydrogens (primary N) is 1. The molecule has 7 nitrogen and oxygen atoms in total. The predicted molar refractivity (Wildman–Crippen MR) is 148 cm³/mol. The van der Waals surface area contributed by atoms with Crippen molar-refractivity contribution >= 4 is 27.3 Å². The number of carbonyl (C=O) groups excluding carboxylic acids is 1. The number of aryl methyl sites for hydroxylation is 3. The third-order valence-electron chi connectivity index (χ3n) is 7.06. The van der Waals surface area contributed by atoms with Crippen LogP contribution in [0, 0.1) is 20.8 Å². The van der Waals surface area contributed by atoms with Gasteiger partial charge in [0, 0.05) is 48.1 Å². The highest BCUT2D eigenvalue weighted by Crippen LogP contribution is 2.32. The van der Waals surface area contributed by atoms with Gasteiger partial charge in [-0.05, 0) is 74.6 Å². The van der Waals surface area contributed by atoms with Gasteiger partial charge in [0.15, 0.2) is 0 Å². The van der Waals surface area contributed by atoms with Crippen molar-refractivity contribution in [2.75, 3.05) is 20.2 Å². The molecule has 1 amide bonds. The number of benzene rings is 2. The molecule has 1 fully saturated rings. The van der Waals surface area contributed by atoms with Crippen LogP contribution in [0.3, 0.4) is 0 Å². The lowest BCUT2D eigenvalue weighted by Crippen LogP contribution is -2.44. The molecule has 0 bridgehead atoms. The molecule has 1 aliphatic heterocycles. The van der Waals surface area contributed by atoms with Crippen LogP contribution in [0.15, 0.2) is 46.7 Å². The summed E-state index contributed by atoms with van der Waals surface area (Å²) in [5.74, 6) is 0.0159. The fraction of sp³-hybridized carbons (Fsp3) is 0.393. The Morgan fingerprint density at radius 2 is 1.76 bits per heavy atom. The fourth-order valence-electron chi connectivity index (χ4n) is 5.10. The molecule has 0 aliphatic carbocycles. The maximum Gasteiger partial charge on any atom is 0.252 e. The molecule has 0 saturated carbocycles. The second-order valence-corrected chi connectivity index (χ2v) is 13.0. The topological polar surface area (TPSA) is 102 Å². The molecule has 1 aliphatic rings. The van der Waals surface area contributed by atoms with E-state index in [1.807, 2.05) is 0 Å². The molecule has 2 aromatic carbocycles. The summed E-state index contributed by atoms with van der Waals surface area (Å²) in [4.78, 5) is 12.7. The lowest BCUT2D eigenvalue weighted by Gasteiger charge is -2.31. The average Bonchev–Trinajstić information content (AvgIpc) is 3.33. The highest BCUT2D eigenvalue weighted by atomic mass is 32.2. The number of rotatable bonds is 9. The lowest BCUT2D eigenvalue weighted by atomic mass is 9.99. The molecule has 4 rings (SSSR count). The van der Waals surface area contributed by atoms with Crippen molar-refractivity contribution in [3.8, 4) is 5.75 Å². The van der Waals surface area contributed by atoms with Crippen molar-refractivity contribution in [2.45, 2.75) is 56.8 Å². The highest BCUT2D eigenvalue weighted by Gasteiger charge is 2.30. The van der Waals surface area contributed by atoms with Gasteiger partial charge in [0.2, 0.25) is 5.91 Å². The van der Waals surface area contributed by atoms with Gasteiger partial charge in [-0.1, -0.05) is 23.8 Å². The highest BCUT2D eigenvalue weighted by molar-refractivity contribution is 7.91. The maximum atomic E-state index is 13.4. The number of primary amides is 1. The number of nitrogens with one attached hydrogen (secondary N) is 1. The van der Waals surface area contributed by atoms with Gasteiger partial charge in [0.25, 0.3) is 10.0 Å². The number of carbonyl (C=O) groups is 1. The largest absolute Gasteiger partial charge is 0.496 e. The Kier molecular flexibility index (Phi) is 8.38. The van der Waals surface area contributed by atoms with Crippen LogP contribution in [-0.4, -0.2) is 44.9 Å². The van der Waals surface area contributed by atoms with Crippen LogP contribution in [0.25, 0.3) is 0 Å². The standard InChI is InChI=1S/C28H35N3O4S2/c1-18-14-19(2)25(20(3)15-18)17-30-21-10-12-31(13-11-21)37(33,34)27-9-8-22(36-27)16-24-23(28(29)32)6-5-7-26(24)35-4/h5-9,14-15,21,30H,10-13,16-17H2,1-4H3,(H2,29,32). The van der Waals surface area contributed by atoms with Crippen LogP contribution in [-0.2, 0) is 23.0 Å². The molecule has 198 valence electrons. The summed E-state index contributed by atoms with van der Waals surface area (Å²) in [6.45, 7) is 8.16. The summed E-state index contributed by atoms with van der Waals surface area (Å²) in [7, 11) is -2.05. The molecule has 9 heteroatoms. The summed E-state index contributed by atoms with van der Waals surface area (Å²) >= 11 is 1.23. The van der Waals surface area contributed by atoms with E-state index in [0.717, 1.165) is 24.3 Å². The van der Waals surface area contributed by atoms with E-state index in [0.29, 0.717) is 40.6 Å². The fourth-order valence-corrected chi connectivity index (χ4v) is 8.09. The first kappa shape index (κ1) is 27.3. The number of hydrogen-bond acceptors (Lipinski definition) is 6. The molecular formula is C28H35N3O4S2. The van der Waals surface area contributed by atoms with Crippen LogP contribution in [0.1, 0.15) is 55.9 Å². The van der Waals surface area contributed by atoms with Crippen LogP contribution in [0.4, 0.5) is 0 Å². The van der Waals surface area contributed by atoms with Gasteiger partial charge in [0.05, 0.1) is 7.11 Å². The second kappa shape index (κ2) is 11.3. The van der Waals surface area contributed by atoms with E-state index in [1.54, 1.807) is 34.6 Å². The molecule has 3 N–H and O–H groups in total. The number of piperidine rings is 1. The van der Waals surface area contributed by atoms with Gasteiger partial charge in [-0.15, -0.1) is 11.3 Å². The van der Waals surface area contributed by atoms with E-state index < -0.39 is 15.9 Å². The molecule has 1 saturated heterocycles. The molecule has 37 heavy (non-hydrogen) atoms. The number of sulfonamides is 1. The minimum absolute atomic E-state index is 0.281. The Morgan fingerprint density at radius 1 is 1.08 bits per heavy atom. The number of methoxy groups -OCH3 is 1. The number of thiophene rings is 1. The van der Waals surface area contributed by atoms with E-state index >= 15 is 0 Å². The third-order valence-corrected chi connectivity index (χ3v) is 10.5. The van der Waals surface area contributed by atoms with Crippen molar-refractivity contribution in [3.05, 3.63) is 80.7 Å². The first-order valence-electron chi connectivity index (χ1n) is 12.4. The minimum atomic E-state index is -3.58. The van der Waals surface area contributed by atoms with Gasteiger partial charge in [-0.2, -0.15) is 4.31 Å². The maximum absolute atomic E-state index is 13.4. The first-order valence-corrected chi connectivity index (χ1v) is 14.7. The monoisotopic (exact) mass is 541 g/mol. The van der Waals surface area contributed by atoms with Crippen LogP contribution >= 0.6 is 11.3 Å². The Hall–Kier alpha value is -2.72. The average molecular weight is 542 g/mol. The van der Waals surface area contributed by atoms with Crippen LogP contribution in [0.5, 0.6) is 5.75 Å². The Morgan fingerprint density at radius 3 is 2.38 bits per heavy atom. The SMILES string of the molecule is COc1cccc(C(N)=O)c1Cc1ccc(S(=O)(=O)N2CCC(NCc3c(C)cc(C)cc3C)CC2)s1. The molecule has 1 aromatic heterocycles. The second-order valence-electron chi connectivity index (χ2n) is 9.68. The number of nitrogens with zero attached hydrogens (tertiary/aromatic N) is 1. The van der Waals surface area contributed by atoms with Gasteiger partial charge >= 0.3 is 0 Å². The minimum Gasteiger partial charge on any atom is -0.496 e. The molecule has 0 unspecified atom stereocenters. The Bertz CT molecular complexity index is 1370. The summed E-state index contributed by atoms with van der Waals surface area (Å²) in [5.41, 5.74) is 11.8. The lowest BCUT2D eigenvalue weighted by molar-refractivity contribution is 0.0999. The number of hydrogen-bond donors (Lipinski definition) is 2. The summed E-state index contributed by atoms with van der Waals surface area (Å²) in [6, 6.07) is 13.3. The zero-order valence-corrected chi connectivity index (χ0v) is 23.5. The zero-order chi connectivity index (χ0) is 26.7. The van der Waals surface area contributed by atoms with E-state index in [4.69, 9.17) is 10.5 Å². The molecular weight excluding hydrogens is 506 g/mol. The van der Waals surface area contributed by atoms with Gasteiger partial charge in [0.1, 0.15) is 9.96 Å². The predicted octanol–water partition coefficient (Wildman–Crippen LogP) is 4.31. The van der Waals surface area contributed by atoms with Gasteiger partial charge < -0.3 is 15.8 Å². The van der Waals surface area contributed by atoms with E-state index in [9.17, 15) is 13.2 Å². The Balaban J connectivity index is 1.40. The third kappa shape index (κ3) is 6.06. The molecule has 0 atom stereocenters. The first-order chi connectivity index (χ1) is 17.6. The zero-order valence-electron chi connectivity index (χ0n) is 21.8. The molecule has 0 spiro atoms. The smallest absolute Gasteiger partial charge is 0.252 e. The van der Waals surface area contributed by atoms with Crippen molar-refractivity contribution in [1.29, 1.82) is 0 Å². The summed E-state index contributed by atoms with van der Waals surface area (Å²) in [5, 5.41) is 3.64. The summed E-state index contributed by atoms with van der Waals surface area (Å²) < 4.78 is 34.1. The van der Waals surface area contributed by atoms with Crippen molar-refractivity contribution in [1.82, 2.24) is 9.62 Å². The van der Waals surface area contributed by atoms with Crippen LogP contribution < -0.4 is 15.8 Å². The van der Waals surface area contributed by atoms with Gasteiger partial charge in [-0.25, -0.2) is 8.42 Å². The molecule has 2 heterocycles. The number of amides is 1. The van der Waals surface area contributed by atoms with Crippen molar-refractivity contribution in [3.63, 3.8) is 0 Å². The van der Waals surface area contributed by atoms with Crippen LogP contribution in [0.2, 0.25) is 0 Å². The van der Waals surface area contributed by atoms with E-state index in [2.05, 4.69) is 38.2 Å². The van der Waals surface area contributed by atoms with Crippen molar-refractivity contribution < 1.29 is 17.9 Å². The molecule has 0 radical (unpaired) electrons. The van der Waals surface area contributed by atoms with E-state index in [1.165, 1.54) is 40.7 Å². The summed E-state index contributed by atoms with van der Waals surface area (Å²) in [6.07, 6.45) is 1.90. The Labute approximate surface area is 223 Å². The van der Waals surface area contributed by atoms with Crippen molar-refractivity contribution in [2.24, 2.45) is 5.73 Å².